The molecule has 0 unspecified atom stereocenters. The minimum Gasteiger partial charge on any atom is -0.507 e. The monoisotopic (exact) mass is 305 g/mol. The summed E-state index contributed by atoms with van der Waals surface area (Å²) in [5, 5.41) is 17.4. The zero-order valence-electron chi connectivity index (χ0n) is 10.4. The third-order valence-corrected chi connectivity index (χ3v) is 2.82. The van der Waals surface area contributed by atoms with E-state index in [-0.39, 0.29) is 5.75 Å². The highest BCUT2D eigenvalue weighted by molar-refractivity contribution is 7.80. The zero-order chi connectivity index (χ0) is 14.4. The second-order valence-electron chi connectivity index (χ2n) is 3.89. The zero-order valence-corrected chi connectivity index (χ0v) is 11.9. The second-order valence-corrected chi connectivity index (χ2v) is 4.74. The maximum atomic E-state index is 9.56. The van der Waals surface area contributed by atoms with Crippen molar-refractivity contribution in [1.82, 2.24) is 5.43 Å². The van der Waals surface area contributed by atoms with Gasteiger partial charge in [-0.25, -0.2) is 0 Å². The van der Waals surface area contributed by atoms with E-state index in [1.807, 2.05) is 18.2 Å². The molecule has 0 fully saturated rings. The first kappa shape index (κ1) is 14.3. The van der Waals surface area contributed by atoms with Crippen LogP contribution in [0.3, 0.4) is 0 Å². The van der Waals surface area contributed by atoms with Crippen molar-refractivity contribution in [2.24, 2.45) is 5.10 Å². The molecule has 0 aliphatic carbocycles. The van der Waals surface area contributed by atoms with Crippen LogP contribution in [0.15, 0.2) is 53.6 Å². The maximum absolute atomic E-state index is 9.56. The summed E-state index contributed by atoms with van der Waals surface area (Å²) in [7, 11) is 0. The predicted molar refractivity (Wildman–Crippen MR) is 86.5 cm³/mol. The number of nitrogens with one attached hydrogen (secondary N) is 2. The van der Waals surface area contributed by atoms with Crippen LogP contribution in [0.2, 0.25) is 5.02 Å². The fourth-order valence-electron chi connectivity index (χ4n) is 1.48. The van der Waals surface area contributed by atoms with Crippen LogP contribution in [-0.4, -0.2) is 16.4 Å². The first-order chi connectivity index (χ1) is 9.65. The van der Waals surface area contributed by atoms with E-state index in [9.17, 15) is 5.11 Å². The van der Waals surface area contributed by atoms with Crippen molar-refractivity contribution in [3.63, 3.8) is 0 Å². The van der Waals surface area contributed by atoms with Crippen LogP contribution in [0, 0.1) is 0 Å². The molecule has 4 nitrogen and oxygen atoms in total. The van der Waals surface area contributed by atoms with Crippen LogP contribution in [0.4, 0.5) is 5.69 Å². The van der Waals surface area contributed by atoms with E-state index < -0.39 is 0 Å². The Bertz CT molecular complexity index is 646. The molecule has 2 rings (SSSR count). The van der Waals surface area contributed by atoms with Crippen molar-refractivity contribution in [1.29, 1.82) is 0 Å². The van der Waals surface area contributed by atoms with Crippen molar-refractivity contribution in [2.45, 2.75) is 0 Å². The van der Waals surface area contributed by atoms with Crippen molar-refractivity contribution >= 4 is 40.8 Å². The minimum atomic E-state index is 0.159. The molecular weight excluding hydrogens is 294 g/mol. The first-order valence-electron chi connectivity index (χ1n) is 5.79. The molecule has 0 aromatic heterocycles. The Morgan fingerprint density at radius 1 is 1.20 bits per heavy atom. The Morgan fingerprint density at radius 3 is 2.75 bits per heavy atom. The summed E-state index contributed by atoms with van der Waals surface area (Å²) in [6, 6.07) is 14.1. The number of aromatic hydroxyl groups is 1. The van der Waals surface area contributed by atoms with Crippen molar-refractivity contribution in [2.75, 3.05) is 5.32 Å². The largest absolute Gasteiger partial charge is 0.507 e. The van der Waals surface area contributed by atoms with Crippen LogP contribution in [-0.2, 0) is 0 Å². The summed E-state index contributed by atoms with van der Waals surface area (Å²) in [4.78, 5) is 0. The van der Waals surface area contributed by atoms with Gasteiger partial charge in [-0.05, 0) is 42.5 Å². The molecule has 0 bridgehead atoms. The lowest BCUT2D eigenvalue weighted by Gasteiger charge is -2.07. The van der Waals surface area contributed by atoms with Gasteiger partial charge in [-0.2, -0.15) is 5.10 Å². The molecule has 0 spiro atoms. The fourth-order valence-corrected chi connectivity index (χ4v) is 1.84. The lowest BCUT2D eigenvalue weighted by Crippen LogP contribution is -2.23. The van der Waals surface area contributed by atoms with Gasteiger partial charge in [0.2, 0.25) is 0 Å². The summed E-state index contributed by atoms with van der Waals surface area (Å²) in [6.45, 7) is 0. The highest BCUT2D eigenvalue weighted by Gasteiger charge is 1.98. The topological polar surface area (TPSA) is 56.7 Å². The van der Waals surface area contributed by atoms with E-state index in [0.717, 1.165) is 5.69 Å². The van der Waals surface area contributed by atoms with Gasteiger partial charge in [-0.1, -0.05) is 29.8 Å². The quantitative estimate of drug-likeness (QED) is 0.462. The number of hydrazone groups is 1. The smallest absolute Gasteiger partial charge is 0.191 e. The fraction of sp³-hybridized carbons (Fsp3) is 0. The predicted octanol–water partition coefficient (Wildman–Crippen LogP) is 3.37. The molecule has 0 aliphatic rings. The van der Waals surface area contributed by atoms with Crippen LogP contribution < -0.4 is 10.7 Å². The van der Waals surface area contributed by atoms with E-state index in [1.54, 1.807) is 30.3 Å². The molecule has 6 heteroatoms. The molecule has 0 saturated carbocycles. The van der Waals surface area contributed by atoms with Gasteiger partial charge in [0, 0.05) is 16.3 Å². The number of para-hydroxylation sites is 1. The number of phenolic OH excluding ortho intramolecular Hbond substituents is 1. The maximum Gasteiger partial charge on any atom is 0.191 e. The minimum absolute atomic E-state index is 0.159. The molecule has 102 valence electrons. The van der Waals surface area contributed by atoms with Crippen molar-refractivity contribution in [3.8, 4) is 5.75 Å². The number of anilines is 1. The number of phenols is 1. The van der Waals surface area contributed by atoms with E-state index >= 15 is 0 Å². The van der Waals surface area contributed by atoms with Gasteiger partial charge < -0.3 is 10.4 Å². The van der Waals surface area contributed by atoms with Crippen LogP contribution in [0.1, 0.15) is 5.56 Å². The SMILES string of the molecule is Oc1ccccc1C=NNC(=S)Nc1cccc(Cl)c1. The average molecular weight is 306 g/mol. The standard InChI is InChI=1S/C14H12ClN3OS/c15-11-5-3-6-12(8-11)17-14(20)18-16-9-10-4-1-2-7-13(10)19/h1-9,19H,(H2,17,18,20). The second kappa shape index (κ2) is 6.88. The summed E-state index contributed by atoms with van der Waals surface area (Å²) < 4.78 is 0. The highest BCUT2D eigenvalue weighted by Crippen LogP contribution is 2.15. The molecule has 0 atom stereocenters. The number of nitrogens with zero attached hydrogens (tertiary/aromatic N) is 1. The number of hydrogen-bond donors (Lipinski definition) is 3. The van der Waals surface area contributed by atoms with Gasteiger partial charge in [0.1, 0.15) is 5.75 Å². The molecule has 0 heterocycles. The molecule has 2 aromatic rings. The van der Waals surface area contributed by atoms with E-state index in [0.29, 0.717) is 15.7 Å². The molecule has 20 heavy (non-hydrogen) atoms. The van der Waals surface area contributed by atoms with Gasteiger partial charge in [-0.3, -0.25) is 5.43 Å². The third-order valence-electron chi connectivity index (χ3n) is 2.39. The normalized spacial score (nSPS) is 10.4. The molecule has 3 N–H and O–H groups in total. The highest BCUT2D eigenvalue weighted by atomic mass is 35.5. The Balaban J connectivity index is 1.91. The molecule has 0 radical (unpaired) electrons. The van der Waals surface area contributed by atoms with Crippen LogP contribution in [0.5, 0.6) is 5.75 Å². The molecule has 0 saturated heterocycles. The Hall–Kier alpha value is -2.11. The molecule has 2 aromatic carbocycles. The van der Waals surface area contributed by atoms with E-state index in [4.69, 9.17) is 23.8 Å². The lowest BCUT2D eigenvalue weighted by atomic mass is 10.2. The van der Waals surface area contributed by atoms with Gasteiger partial charge in [0.05, 0.1) is 6.21 Å². The third kappa shape index (κ3) is 4.22. The van der Waals surface area contributed by atoms with Crippen LogP contribution >= 0.6 is 23.8 Å². The summed E-state index contributed by atoms with van der Waals surface area (Å²) in [6.07, 6.45) is 1.49. The van der Waals surface area contributed by atoms with Gasteiger partial charge >= 0.3 is 0 Å². The van der Waals surface area contributed by atoms with Gasteiger partial charge in [0.25, 0.3) is 0 Å². The summed E-state index contributed by atoms with van der Waals surface area (Å²) in [5.41, 5.74) is 4.04. The molecular formula is C14H12ClN3OS. The van der Waals surface area contributed by atoms with Crippen molar-refractivity contribution < 1.29 is 5.11 Å². The van der Waals surface area contributed by atoms with Crippen molar-refractivity contribution in [3.05, 3.63) is 59.1 Å². The number of halogens is 1. The Labute approximate surface area is 127 Å². The first-order valence-corrected chi connectivity index (χ1v) is 6.57. The van der Waals surface area contributed by atoms with E-state index in [1.165, 1.54) is 6.21 Å². The van der Waals surface area contributed by atoms with Gasteiger partial charge in [-0.15, -0.1) is 0 Å². The number of thiocarbonyl (C=S) groups is 1. The van der Waals surface area contributed by atoms with E-state index in [2.05, 4.69) is 15.8 Å². The number of benzene rings is 2. The lowest BCUT2D eigenvalue weighted by molar-refractivity contribution is 0.474. The summed E-state index contributed by atoms with van der Waals surface area (Å²) >= 11 is 11.0. The Kier molecular flexibility index (Phi) is 4.92. The number of rotatable bonds is 3. The molecule has 0 aliphatic heterocycles. The molecule has 0 amide bonds. The van der Waals surface area contributed by atoms with Gasteiger partial charge in [0.15, 0.2) is 5.11 Å². The average Bonchev–Trinajstić information content (AvgIpc) is 2.41. The van der Waals surface area contributed by atoms with Crippen LogP contribution in [0.25, 0.3) is 0 Å². The summed E-state index contributed by atoms with van der Waals surface area (Å²) in [5.74, 6) is 0.159. The Morgan fingerprint density at radius 2 is 2.00 bits per heavy atom. The number of hydrogen-bond acceptors (Lipinski definition) is 3.